The highest BCUT2D eigenvalue weighted by Crippen LogP contribution is 2.49. The third kappa shape index (κ3) is 3.66. The normalized spacial score (nSPS) is 24.0. The molecule has 0 radical (unpaired) electrons. The van der Waals surface area contributed by atoms with Crippen LogP contribution in [0.5, 0.6) is 0 Å². The second-order valence-electron chi connectivity index (χ2n) is 8.44. The average molecular weight is 411 g/mol. The largest absolute Gasteiger partial charge is 0.357 e. The van der Waals surface area contributed by atoms with Crippen molar-refractivity contribution < 1.29 is 4.39 Å². The number of nitrogens with one attached hydrogen (secondary N) is 2. The molecule has 4 nitrogen and oxygen atoms in total. The van der Waals surface area contributed by atoms with Gasteiger partial charge in [-0.2, -0.15) is 0 Å². The molecule has 3 aromatic rings. The number of rotatable bonds is 4. The fraction of sp³-hybridized carbons (Fsp3) is 0.440. The van der Waals surface area contributed by atoms with Crippen molar-refractivity contribution in [3.8, 4) is 0 Å². The van der Waals surface area contributed by atoms with Crippen LogP contribution in [0.2, 0.25) is 0 Å². The third-order valence-corrected chi connectivity index (χ3v) is 7.08. The van der Waals surface area contributed by atoms with E-state index in [4.69, 9.17) is 0 Å². The van der Waals surface area contributed by atoms with Crippen molar-refractivity contribution in [1.29, 1.82) is 0 Å². The van der Waals surface area contributed by atoms with Crippen molar-refractivity contribution in [2.45, 2.75) is 43.7 Å². The molecule has 162 valence electrons. The van der Waals surface area contributed by atoms with E-state index in [2.05, 4.69) is 79.3 Å². The van der Waals surface area contributed by atoms with Gasteiger partial charge in [0.25, 0.3) is 0 Å². The molecule has 1 aliphatic rings. The maximum atomic E-state index is 13.8. The summed E-state index contributed by atoms with van der Waals surface area (Å²) in [6.07, 6.45) is 4.17. The van der Waals surface area contributed by atoms with Crippen LogP contribution in [-0.2, 0) is 11.1 Å². The summed E-state index contributed by atoms with van der Waals surface area (Å²) in [5.41, 5.74) is 9.19. The van der Waals surface area contributed by atoms with Gasteiger partial charge in [-0.25, -0.2) is 4.39 Å². The van der Waals surface area contributed by atoms with Gasteiger partial charge in [0.15, 0.2) is 0 Å². The zero-order valence-electron chi connectivity index (χ0n) is 18.8. The fourth-order valence-corrected chi connectivity index (χ4v) is 5.24. The first-order valence-corrected chi connectivity index (χ1v) is 10.7. The van der Waals surface area contributed by atoms with Crippen molar-refractivity contribution in [3.63, 3.8) is 0 Å². The van der Waals surface area contributed by atoms with E-state index >= 15 is 0 Å². The Morgan fingerprint density at radius 1 is 1.00 bits per heavy atom. The smallest absolute Gasteiger partial charge is 0.123 e. The highest BCUT2D eigenvalue weighted by molar-refractivity contribution is 5.84. The summed E-state index contributed by atoms with van der Waals surface area (Å²) in [6.45, 7) is 2.11. The van der Waals surface area contributed by atoms with Gasteiger partial charge in [-0.15, -0.1) is 0 Å². The van der Waals surface area contributed by atoms with Crippen molar-refractivity contribution in [2.24, 2.45) is 5.73 Å². The predicted octanol–water partition coefficient (Wildman–Crippen LogP) is 4.64. The van der Waals surface area contributed by atoms with Crippen molar-refractivity contribution >= 4 is 10.9 Å². The lowest BCUT2D eigenvalue weighted by atomic mass is 9.67. The molecule has 1 aliphatic carbocycles. The summed E-state index contributed by atoms with van der Waals surface area (Å²) in [4.78, 5) is 5.99. The van der Waals surface area contributed by atoms with E-state index in [0.717, 1.165) is 42.1 Å². The second kappa shape index (κ2) is 8.88. The van der Waals surface area contributed by atoms with E-state index < -0.39 is 0 Å². The molecule has 0 saturated heterocycles. The Labute approximate surface area is 179 Å². The van der Waals surface area contributed by atoms with E-state index in [1.165, 1.54) is 24.4 Å². The number of hydrogen-bond donors (Lipinski definition) is 3. The molecule has 1 heterocycles. The van der Waals surface area contributed by atoms with Gasteiger partial charge < -0.3 is 16.0 Å². The van der Waals surface area contributed by atoms with Gasteiger partial charge in [-0.05, 0) is 90.1 Å². The lowest BCUT2D eigenvalue weighted by Gasteiger charge is -2.50. The molecular formula is C25H35FN4. The molecule has 0 unspecified atom stereocenters. The molecule has 0 aliphatic heterocycles. The predicted molar refractivity (Wildman–Crippen MR) is 124 cm³/mol. The third-order valence-electron chi connectivity index (χ3n) is 7.08. The fourth-order valence-electron chi connectivity index (χ4n) is 5.24. The van der Waals surface area contributed by atoms with Gasteiger partial charge in [0, 0.05) is 22.1 Å². The molecule has 4 rings (SSSR count). The second-order valence-corrected chi connectivity index (χ2v) is 8.44. The molecule has 1 saturated carbocycles. The Bertz CT molecular complexity index is 969. The van der Waals surface area contributed by atoms with Gasteiger partial charge >= 0.3 is 0 Å². The van der Waals surface area contributed by atoms with Crippen LogP contribution in [0.15, 0.2) is 48.5 Å². The highest BCUT2D eigenvalue weighted by atomic mass is 19.1. The summed E-state index contributed by atoms with van der Waals surface area (Å²) in [5, 5.41) is 4.62. The van der Waals surface area contributed by atoms with E-state index in [1.54, 1.807) is 6.07 Å². The zero-order chi connectivity index (χ0) is 21.9. The monoisotopic (exact) mass is 410 g/mol. The Hall–Kier alpha value is -2.21. The highest BCUT2D eigenvalue weighted by Gasteiger charge is 2.46. The molecule has 30 heavy (non-hydrogen) atoms. The quantitative estimate of drug-likeness (QED) is 0.587. The number of hydrogen-bond acceptors (Lipinski definition) is 3. The van der Waals surface area contributed by atoms with Crippen LogP contribution in [-0.4, -0.2) is 38.1 Å². The standard InChI is InChI=1S/C24H30FN3.CH5N/c1-17-20-16-19(25)10-11-21(20)27-22(17)23(26-2)12-14-24(15-13-23,28(3)4)18-8-6-5-7-9-18;1-2/h5-11,16,26-27H,12-15H2,1-4H3;2H2,1H3. The number of aryl methyl sites for hydroxylation is 1. The van der Waals surface area contributed by atoms with Crippen molar-refractivity contribution in [3.05, 3.63) is 71.2 Å². The van der Waals surface area contributed by atoms with Gasteiger partial charge in [0.1, 0.15) is 5.82 Å². The Kier molecular flexibility index (Phi) is 6.65. The average Bonchev–Trinajstić information content (AvgIpc) is 3.12. The topological polar surface area (TPSA) is 57.1 Å². The van der Waals surface area contributed by atoms with E-state index in [9.17, 15) is 4.39 Å². The van der Waals surface area contributed by atoms with E-state index in [1.807, 2.05) is 6.07 Å². The molecule has 4 N–H and O–H groups in total. The zero-order valence-corrected chi connectivity index (χ0v) is 18.8. The molecule has 0 amide bonds. The van der Waals surface area contributed by atoms with Gasteiger partial charge in [0.2, 0.25) is 0 Å². The maximum absolute atomic E-state index is 13.8. The van der Waals surface area contributed by atoms with Gasteiger partial charge in [0.05, 0.1) is 5.54 Å². The Morgan fingerprint density at radius 3 is 2.20 bits per heavy atom. The van der Waals surface area contributed by atoms with E-state index in [-0.39, 0.29) is 16.9 Å². The lowest BCUT2D eigenvalue weighted by Crippen LogP contribution is -2.52. The SMILES string of the molecule is CN.CNC1(c2[nH]c3ccc(F)cc3c2C)CCC(c2ccccc2)(N(C)C)CC1. The summed E-state index contributed by atoms with van der Waals surface area (Å²) >= 11 is 0. The van der Waals surface area contributed by atoms with Gasteiger partial charge in [-0.1, -0.05) is 30.3 Å². The Balaban J connectivity index is 0.00000124. The molecule has 0 bridgehead atoms. The van der Waals surface area contributed by atoms with Crippen molar-refractivity contribution in [2.75, 3.05) is 28.2 Å². The molecule has 0 atom stereocenters. The number of nitrogens with two attached hydrogens (primary N) is 1. The first-order chi connectivity index (χ1) is 14.4. The maximum Gasteiger partial charge on any atom is 0.123 e. The van der Waals surface area contributed by atoms with E-state index in [0.29, 0.717) is 0 Å². The van der Waals surface area contributed by atoms with Crippen LogP contribution in [0, 0.1) is 12.7 Å². The first-order valence-electron chi connectivity index (χ1n) is 10.7. The minimum Gasteiger partial charge on any atom is -0.357 e. The van der Waals surface area contributed by atoms with Crippen LogP contribution in [0.4, 0.5) is 4.39 Å². The number of aromatic amines is 1. The van der Waals surface area contributed by atoms with Crippen LogP contribution < -0.4 is 11.1 Å². The number of nitrogens with zero attached hydrogens (tertiary/aromatic N) is 1. The molecule has 2 aromatic carbocycles. The van der Waals surface area contributed by atoms with Crippen LogP contribution in [0.1, 0.15) is 42.5 Å². The number of halogens is 1. The number of aromatic nitrogens is 1. The summed E-state index contributed by atoms with van der Waals surface area (Å²) in [5.74, 6) is -0.181. The molecule has 0 spiro atoms. The number of H-pyrrole nitrogens is 1. The lowest BCUT2D eigenvalue weighted by molar-refractivity contribution is 0.0545. The van der Waals surface area contributed by atoms with Gasteiger partial charge in [-0.3, -0.25) is 4.90 Å². The molecule has 5 heteroatoms. The minimum absolute atomic E-state index is 0.0492. The van der Waals surface area contributed by atoms with Crippen LogP contribution in [0.25, 0.3) is 10.9 Å². The molecular weight excluding hydrogens is 375 g/mol. The minimum atomic E-state index is -0.181. The van der Waals surface area contributed by atoms with Crippen LogP contribution >= 0.6 is 0 Å². The molecule has 1 aromatic heterocycles. The summed E-state index contributed by atoms with van der Waals surface area (Å²) in [6, 6.07) is 15.9. The molecule has 1 fully saturated rings. The first kappa shape index (κ1) is 22.5. The summed E-state index contributed by atoms with van der Waals surface area (Å²) in [7, 11) is 7.93. The summed E-state index contributed by atoms with van der Waals surface area (Å²) < 4.78 is 13.8. The number of benzene rings is 2. The number of fused-ring (bicyclic) bond motifs is 1. The van der Waals surface area contributed by atoms with Crippen molar-refractivity contribution in [1.82, 2.24) is 15.2 Å². The van der Waals surface area contributed by atoms with Crippen LogP contribution in [0.3, 0.4) is 0 Å². The Morgan fingerprint density at radius 2 is 1.63 bits per heavy atom.